The zero-order chi connectivity index (χ0) is 17.6. The van der Waals surface area contributed by atoms with Gasteiger partial charge in [-0.2, -0.15) is 0 Å². The van der Waals surface area contributed by atoms with Gasteiger partial charge in [0, 0.05) is 6.85 Å². The number of para-hydroxylation sites is 1. The van der Waals surface area contributed by atoms with Crippen LogP contribution in [0.4, 0.5) is 0 Å². The largest absolute Gasteiger partial charge is 0.488 e. The lowest BCUT2D eigenvalue weighted by atomic mass is 9.93. The third-order valence-corrected chi connectivity index (χ3v) is 2.37. The molecule has 0 bridgehead atoms. The van der Waals surface area contributed by atoms with Crippen molar-refractivity contribution in [3.8, 4) is 5.75 Å². The van der Waals surface area contributed by atoms with E-state index in [0.717, 1.165) is 0 Å². The SMILES string of the molecule is [2H]C(C)(C)c1cccc(C([2H])(C)C([2H])([2H])[2H])c1OC(C)(C)C. The summed E-state index contributed by atoms with van der Waals surface area (Å²) < 4.78 is 45.7. The van der Waals surface area contributed by atoms with E-state index >= 15 is 0 Å². The van der Waals surface area contributed by atoms with Gasteiger partial charge in [-0.3, -0.25) is 0 Å². The molecule has 0 saturated carbocycles. The van der Waals surface area contributed by atoms with Gasteiger partial charge in [-0.1, -0.05) is 45.8 Å². The highest BCUT2D eigenvalue weighted by Gasteiger charge is 2.20. The van der Waals surface area contributed by atoms with Gasteiger partial charge in [0.1, 0.15) is 11.4 Å². The Kier molecular flexibility index (Phi) is 2.46. The van der Waals surface area contributed by atoms with E-state index in [0.29, 0.717) is 16.9 Å². The molecule has 0 radical (unpaired) electrons. The summed E-state index contributed by atoms with van der Waals surface area (Å²) in [6, 6.07) is 5.05. The topological polar surface area (TPSA) is 9.23 Å². The monoisotopic (exact) mass is 239 g/mol. The van der Waals surface area contributed by atoms with Gasteiger partial charge in [-0.25, -0.2) is 0 Å². The van der Waals surface area contributed by atoms with Crippen molar-refractivity contribution in [1.82, 2.24) is 0 Å². The highest BCUT2D eigenvalue weighted by Crippen LogP contribution is 2.36. The van der Waals surface area contributed by atoms with Crippen LogP contribution in [0.2, 0.25) is 0 Å². The zero-order valence-electron chi connectivity index (χ0n) is 16.6. The van der Waals surface area contributed by atoms with Gasteiger partial charge < -0.3 is 4.74 Å². The van der Waals surface area contributed by atoms with Gasteiger partial charge in [-0.15, -0.1) is 0 Å². The lowest BCUT2D eigenvalue weighted by Crippen LogP contribution is -2.24. The molecule has 0 aliphatic carbocycles. The molecule has 0 aliphatic rings. The third kappa shape index (κ3) is 3.76. The van der Waals surface area contributed by atoms with E-state index in [-0.39, 0.29) is 0 Å². The summed E-state index contributed by atoms with van der Waals surface area (Å²) in [4.78, 5) is 0. The molecule has 0 saturated heterocycles. The zero-order valence-corrected chi connectivity index (χ0v) is 11.6. The van der Waals surface area contributed by atoms with Crippen molar-refractivity contribution in [2.24, 2.45) is 0 Å². The number of hydrogen-bond acceptors (Lipinski definition) is 1. The first-order chi connectivity index (χ1) is 9.57. The Bertz CT molecular complexity index is 533. The summed E-state index contributed by atoms with van der Waals surface area (Å²) in [5, 5.41) is 0. The highest BCUT2D eigenvalue weighted by molar-refractivity contribution is 5.45. The van der Waals surface area contributed by atoms with Crippen LogP contribution in [0.25, 0.3) is 0 Å². The molecule has 1 rings (SSSR count). The molecule has 1 nitrogen and oxygen atoms in total. The maximum absolute atomic E-state index is 8.36. The quantitative estimate of drug-likeness (QED) is 0.712. The van der Waals surface area contributed by atoms with Crippen molar-refractivity contribution in [2.75, 3.05) is 0 Å². The average Bonchev–Trinajstić information content (AvgIpc) is 2.23. The molecule has 0 aromatic heterocycles. The minimum atomic E-state index is -2.49. The fourth-order valence-electron chi connectivity index (χ4n) is 1.64. The van der Waals surface area contributed by atoms with Gasteiger partial charge in [0.2, 0.25) is 0 Å². The fourth-order valence-corrected chi connectivity index (χ4v) is 1.64. The first-order valence-corrected chi connectivity index (χ1v) is 5.90. The van der Waals surface area contributed by atoms with Crippen molar-refractivity contribution in [1.29, 1.82) is 0 Å². The molecule has 1 heteroatoms. The molecule has 0 heterocycles. The van der Waals surface area contributed by atoms with E-state index < -0.39 is 24.2 Å². The van der Waals surface area contributed by atoms with Crippen LogP contribution < -0.4 is 4.74 Å². The Balaban J connectivity index is 3.66. The molecule has 96 valence electrons. The van der Waals surface area contributed by atoms with Crippen LogP contribution in [0, 0.1) is 0 Å². The Hall–Kier alpha value is -0.980. The highest BCUT2D eigenvalue weighted by atomic mass is 16.5. The predicted molar refractivity (Wildman–Crippen MR) is 75.0 cm³/mol. The Morgan fingerprint density at radius 1 is 1.12 bits per heavy atom. The summed E-state index contributed by atoms with van der Waals surface area (Å²) in [5.74, 6) is -2.43. The van der Waals surface area contributed by atoms with Crippen LogP contribution in [0.15, 0.2) is 18.2 Å². The molecular formula is C16H26O. The molecule has 1 atom stereocenters. The maximum Gasteiger partial charge on any atom is 0.126 e. The molecule has 1 unspecified atom stereocenters. The molecule has 0 N–H and O–H groups in total. The summed E-state index contributed by atoms with van der Waals surface area (Å²) >= 11 is 0. The smallest absolute Gasteiger partial charge is 0.126 e. The van der Waals surface area contributed by atoms with Gasteiger partial charge in [0.05, 0.1) is 0 Å². The Morgan fingerprint density at radius 2 is 1.65 bits per heavy atom. The molecule has 1 aromatic rings. The Labute approximate surface area is 113 Å². The van der Waals surface area contributed by atoms with Gasteiger partial charge in [0.15, 0.2) is 0 Å². The number of benzene rings is 1. The summed E-state index contributed by atoms with van der Waals surface area (Å²) in [6.45, 7) is 7.90. The summed E-state index contributed by atoms with van der Waals surface area (Å²) in [7, 11) is 0. The Morgan fingerprint density at radius 3 is 2.06 bits per heavy atom. The van der Waals surface area contributed by atoms with Crippen LogP contribution in [-0.4, -0.2) is 5.60 Å². The van der Waals surface area contributed by atoms with Crippen LogP contribution in [0.5, 0.6) is 5.75 Å². The van der Waals surface area contributed by atoms with Crippen molar-refractivity contribution in [2.45, 2.75) is 65.8 Å². The van der Waals surface area contributed by atoms with Gasteiger partial charge in [0.25, 0.3) is 0 Å². The number of rotatable bonds is 3. The molecule has 0 aliphatic heterocycles. The van der Waals surface area contributed by atoms with Crippen LogP contribution in [-0.2, 0) is 0 Å². The van der Waals surface area contributed by atoms with Crippen LogP contribution >= 0.6 is 0 Å². The molecule has 0 fully saturated rings. The van der Waals surface area contributed by atoms with Crippen molar-refractivity contribution in [3.05, 3.63) is 29.3 Å². The fraction of sp³-hybridized carbons (Fsp3) is 0.625. The van der Waals surface area contributed by atoms with Crippen molar-refractivity contribution >= 4 is 0 Å². The first kappa shape index (κ1) is 8.18. The molecular weight excluding hydrogens is 208 g/mol. The minimum absolute atomic E-state index is 0.292. The van der Waals surface area contributed by atoms with Crippen molar-refractivity contribution in [3.63, 3.8) is 0 Å². The maximum atomic E-state index is 8.36. The third-order valence-electron chi connectivity index (χ3n) is 2.37. The van der Waals surface area contributed by atoms with E-state index in [1.807, 2.05) is 20.8 Å². The first-order valence-electron chi connectivity index (χ1n) is 8.40. The second kappa shape index (κ2) is 5.12. The second-order valence-corrected chi connectivity index (χ2v) is 5.52. The van der Waals surface area contributed by atoms with Crippen LogP contribution in [0.3, 0.4) is 0 Å². The average molecular weight is 239 g/mol. The van der Waals surface area contributed by atoms with Gasteiger partial charge >= 0.3 is 0 Å². The van der Waals surface area contributed by atoms with E-state index in [1.165, 1.54) is 6.92 Å². The second-order valence-electron chi connectivity index (χ2n) is 5.52. The molecule has 17 heavy (non-hydrogen) atoms. The molecule has 1 aromatic carbocycles. The standard InChI is InChI=1S/C16H26O/c1-11(2)13-9-8-10-14(12(3)4)15(13)17-16(5,6)7/h8-12H,1-7H3/i1D3,11D,12D. The lowest BCUT2D eigenvalue weighted by molar-refractivity contribution is 0.127. The predicted octanol–water partition coefficient (Wildman–Crippen LogP) is 5.11. The van der Waals surface area contributed by atoms with E-state index in [2.05, 4.69) is 0 Å². The summed E-state index contributed by atoms with van der Waals surface area (Å²) in [5.41, 5.74) is 0.323. The van der Waals surface area contributed by atoms with Gasteiger partial charge in [-0.05, 0) is 43.7 Å². The van der Waals surface area contributed by atoms with E-state index in [4.69, 9.17) is 11.6 Å². The summed E-state index contributed by atoms with van der Waals surface area (Å²) in [6.07, 6.45) is 0. The molecule has 0 spiro atoms. The molecule has 0 amide bonds. The van der Waals surface area contributed by atoms with E-state index in [1.54, 1.807) is 32.0 Å². The van der Waals surface area contributed by atoms with Crippen molar-refractivity contribution < 1.29 is 11.6 Å². The lowest BCUT2D eigenvalue weighted by Gasteiger charge is -2.27. The number of hydrogen-bond donors (Lipinski definition) is 0. The minimum Gasteiger partial charge on any atom is -0.488 e. The normalized spacial score (nSPS) is 21.4. The van der Waals surface area contributed by atoms with Crippen LogP contribution in [0.1, 0.15) is 78.2 Å². The number of ether oxygens (including phenoxy) is 1. The van der Waals surface area contributed by atoms with E-state index in [9.17, 15) is 0 Å².